The van der Waals surface area contributed by atoms with Gasteiger partial charge < -0.3 is 15.6 Å². The predicted octanol–water partition coefficient (Wildman–Crippen LogP) is 0.0438. The molecule has 0 radical (unpaired) electrons. The van der Waals surface area contributed by atoms with E-state index in [-0.39, 0.29) is 5.44 Å². The lowest BCUT2D eigenvalue weighted by molar-refractivity contribution is -0.148. The largest absolute Gasteiger partial charge is 0.449 e. The highest BCUT2D eigenvalue weighted by Gasteiger charge is 2.25. The van der Waals surface area contributed by atoms with Gasteiger partial charge in [0.2, 0.25) is 0 Å². The molecule has 1 heterocycles. The molecule has 4 nitrogen and oxygen atoms in total. The molecule has 0 aromatic carbocycles. The average molecular weight is 237 g/mol. The summed E-state index contributed by atoms with van der Waals surface area (Å²) in [6, 6.07) is -0.928. The minimum absolute atomic E-state index is 0.106. The smallest absolute Gasteiger partial charge is 0.326 e. The number of thioether (sulfide) groups is 2. The number of hydrogen-bond donors (Lipinski definition) is 2. The van der Waals surface area contributed by atoms with Crippen LogP contribution in [0.25, 0.3) is 0 Å². The van der Waals surface area contributed by atoms with Crippen molar-refractivity contribution in [1.29, 1.82) is 0 Å². The zero-order valence-electron chi connectivity index (χ0n) is 8.01. The van der Waals surface area contributed by atoms with Crippen LogP contribution in [0.15, 0.2) is 0 Å². The maximum atomic E-state index is 11.3. The van der Waals surface area contributed by atoms with Gasteiger partial charge in [0, 0.05) is 17.3 Å². The third-order valence-corrected chi connectivity index (χ3v) is 4.40. The summed E-state index contributed by atoms with van der Waals surface area (Å²) in [6.45, 7) is 1.48. The van der Waals surface area contributed by atoms with Crippen molar-refractivity contribution in [3.8, 4) is 0 Å². The number of carbonyl (C=O) groups is 1. The Bertz CT molecular complexity index is 195. The number of nitrogens with two attached hydrogens (primary N) is 1. The standard InChI is InChI=1S/C8H15NO3S2/c1-5(10)7(9)8(11)12-6-4-13-2-3-14-6/h5-7,10H,2-4,9H2,1H3/t5-,6?,7+/m1/s1. The molecule has 0 aliphatic carbocycles. The fraction of sp³-hybridized carbons (Fsp3) is 0.875. The van der Waals surface area contributed by atoms with Gasteiger partial charge in [-0.15, -0.1) is 11.8 Å². The van der Waals surface area contributed by atoms with Crippen LogP contribution in [0.5, 0.6) is 0 Å². The summed E-state index contributed by atoms with van der Waals surface area (Å²) in [5.41, 5.74) is 5.33. The lowest BCUT2D eigenvalue weighted by Crippen LogP contribution is -2.43. The van der Waals surface area contributed by atoms with Crippen molar-refractivity contribution in [3.05, 3.63) is 0 Å². The average Bonchev–Trinajstić information content (AvgIpc) is 2.18. The van der Waals surface area contributed by atoms with Crippen molar-refractivity contribution >= 4 is 29.5 Å². The van der Waals surface area contributed by atoms with Crippen molar-refractivity contribution in [2.24, 2.45) is 5.73 Å². The molecule has 0 bridgehead atoms. The summed E-state index contributed by atoms with van der Waals surface area (Å²) < 4.78 is 5.13. The van der Waals surface area contributed by atoms with Crippen LogP contribution in [0.1, 0.15) is 6.92 Å². The summed E-state index contributed by atoms with van der Waals surface area (Å²) in [7, 11) is 0. The molecule has 6 heteroatoms. The van der Waals surface area contributed by atoms with Gasteiger partial charge >= 0.3 is 5.97 Å². The highest BCUT2D eigenvalue weighted by atomic mass is 32.2. The van der Waals surface area contributed by atoms with E-state index < -0.39 is 18.1 Å². The number of esters is 1. The fourth-order valence-corrected chi connectivity index (χ4v) is 3.32. The Kier molecular flexibility index (Phi) is 5.08. The molecule has 14 heavy (non-hydrogen) atoms. The number of hydrogen-bond acceptors (Lipinski definition) is 6. The van der Waals surface area contributed by atoms with Crippen molar-refractivity contribution in [2.45, 2.75) is 24.5 Å². The molecule has 1 rings (SSSR count). The Labute approximate surface area is 91.9 Å². The Balaban J connectivity index is 2.31. The molecule has 0 amide bonds. The Morgan fingerprint density at radius 3 is 2.86 bits per heavy atom. The maximum Gasteiger partial charge on any atom is 0.326 e. The van der Waals surface area contributed by atoms with E-state index in [1.165, 1.54) is 6.92 Å². The van der Waals surface area contributed by atoms with Gasteiger partial charge in [0.15, 0.2) is 5.44 Å². The van der Waals surface area contributed by atoms with Crippen molar-refractivity contribution in [3.63, 3.8) is 0 Å². The lowest BCUT2D eigenvalue weighted by Gasteiger charge is -2.23. The Hall–Kier alpha value is 0.0900. The van der Waals surface area contributed by atoms with E-state index in [1.54, 1.807) is 23.5 Å². The van der Waals surface area contributed by atoms with E-state index in [4.69, 9.17) is 15.6 Å². The van der Waals surface area contributed by atoms with E-state index in [2.05, 4.69) is 0 Å². The number of aliphatic hydroxyl groups is 1. The molecule has 0 spiro atoms. The molecule has 1 fully saturated rings. The van der Waals surface area contributed by atoms with Crippen LogP contribution >= 0.6 is 23.5 Å². The first-order valence-electron chi connectivity index (χ1n) is 4.44. The Morgan fingerprint density at radius 2 is 2.36 bits per heavy atom. The predicted molar refractivity (Wildman–Crippen MR) is 59.3 cm³/mol. The Morgan fingerprint density at radius 1 is 1.64 bits per heavy atom. The number of carbonyl (C=O) groups excluding carboxylic acids is 1. The topological polar surface area (TPSA) is 72.5 Å². The van der Waals surface area contributed by atoms with Crippen LogP contribution < -0.4 is 5.73 Å². The second-order valence-corrected chi connectivity index (χ2v) is 5.50. The molecule has 1 saturated heterocycles. The number of aliphatic hydroxyl groups excluding tert-OH is 1. The number of ether oxygens (including phenoxy) is 1. The molecule has 0 aromatic heterocycles. The van der Waals surface area contributed by atoms with E-state index in [0.717, 1.165) is 17.3 Å². The van der Waals surface area contributed by atoms with Crippen LogP contribution in [0.2, 0.25) is 0 Å². The summed E-state index contributed by atoms with van der Waals surface area (Å²) in [5.74, 6) is 2.39. The van der Waals surface area contributed by atoms with Gasteiger partial charge in [0.25, 0.3) is 0 Å². The van der Waals surface area contributed by atoms with Gasteiger partial charge in [-0.1, -0.05) is 0 Å². The molecule has 3 N–H and O–H groups in total. The molecule has 1 aliphatic heterocycles. The first kappa shape index (κ1) is 12.2. The summed E-state index contributed by atoms with van der Waals surface area (Å²) in [4.78, 5) is 11.3. The number of rotatable bonds is 3. The molecular formula is C8H15NO3S2. The quantitative estimate of drug-likeness (QED) is 0.675. The van der Waals surface area contributed by atoms with E-state index in [0.29, 0.717) is 0 Å². The van der Waals surface area contributed by atoms with E-state index in [1.807, 2.05) is 0 Å². The van der Waals surface area contributed by atoms with Crippen LogP contribution in [0, 0.1) is 0 Å². The first-order valence-corrected chi connectivity index (χ1v) is 6.65. The van der Waals surface area contributed by atoms with Gasteiger partial charge in [0.1, 0.15) is 6.04 Å². The summed E-state index contributed by atoms with van der Waals surface area (Å²) in [5, 5.41) is 9.08. The van der Waals surface area contributed by atoms with Crippen LogP contribution in [-0.2, 0) is 9.53 Å². The molecule has 82 valence electrons. The molecular weight excluding hydrogens is 222 g/mol. The van der Waals surface area contributed by atoms with Gasteiger partial charge in [-0.3, -0.25) is 4.79 Å². The highest BCUT2D eigenvalue weighted by Crippen LogP contribution is 2.25. The highest BCUT2D eigenvalue weighted by molar-refractivity contribution is 8.06. The lowest BCUT2D eigenvalue weighted by atomic mass is 10.2. The molecule has 0 saturated carbocycles. The zero-order chi connectivity index (χ0) is 10.6. The SMILES string of the molecule is C[C@@H](O)[C@H](N)C(=O)OC1CSCCS1. The van der Waals surface area contributed by atoms with Gasteiger partial charge in [-0.25, -0.2) is 0 Å². The van der Waals surface area contributed by atoms with Gasteiger partial charge in [-0.05, 0) is 6.92 Å². The van der Waals surface area contributed by atoms with E-state index in [9.17, 15) is 4.79 Å². The molecule has 1 aliphatic rings. The van der Waals surface area contributed by atoms with Crippen LogP contribution in [0.3, 0.4) is 0 Å². The third-order valence-electron chi connectivity index (χ3n) is 1.82. The second kappa shape index (κ2) is 5.85. The fourth-order valence-electron chi connectivity index (χ4n) is 0.939. The van der Waals surface area contributed by atoms with Crippen LogP contribution in [0.4, 0.5) is 0 Å². The molecule has 3 atom stereocenters. The monoisotopic (exact) mass is 237 g/mol. The summed E-state index contributed by atoms with van der Waals surface area (Å²) in [6.07, 6.45) is -0.858. The first-order chi connectivity index (χ1) is 6.61. The summed E-state index contributed by atoms with van der Waals surface area (Å²) >= 11 is 3.38. The minimum Gasteiger partial charge on any atom is -0.449 e. The minimum atomic E-state index is -0.928. The van der Waals surface area contributed by atoms with E-state index >= 15 is 0 Å². The second-order valence-electron chi connectivity index (χ2n) is 3.08. The van der Waals surface area contributed by atoms with Crippen molar-refractivity contribution in [1.82, 2.24) is 0 Å². The van der Waals surface area contributed by atoms with Gasteiger partial charge in [0.05, 0.1) is 6.10 Å². The van der Waals surface area contributed by atoms with Gasteiger partial charge in [-0.2, -0.15) is 11.8 Å². The molecule has 1 unspecified atom stereocenters. The normalized spacial score (nSPS) is 26.6. The van der Waals surface area contributed by atoms with Crippen molar-refractivity contribution < 1.29 is 14.6 Å². The zero-order valence-corrected chi connectivity index (χ0v) is 9.64. The van der Waals surface area contributed by atoms with Crippen LogP contribution in [-0.4, -0.2) is 45.9 Å². The molecule has 0 aromatic rings. The van der Waals surface area contributed by atoms with Crippen molar-refractivity contribution in [2.75, 3.05) is 17.3 Å². The maximum absolute atomic E-state index is 11.3. The third kappa shape index (κ3) is 3.68.